The van der Waals surface area contributed by atoms with E-state index in [4.69, 9.17) is 0 Å². The van der Waals surface area contributed by atoms with Gasteiger partial charge < -0.3 is 20.0 Å². The molecule has 148 valence electrons. The van der Waals surface area contributed by atoms with Crippen molar-refractivity contribution in [3.8, 4) is 0 Å². The van der Waals surface area contributed by atoms with Gasteiger partial charge in [-0.2, -0.15) is 0 Å². The van der Waals surface area contributed by atoms with E-state index in [1.165, 1.54) is 12.6 Å². The van der Waals surface area contributed by atoms with Crippen molar-refractivity contribution >= 4 is 28.9 Å². The number of nitrogens with one attached hydrogen (secondary N) is 1. The van der Waals surface area contributed by atoms with Crippen LogP contribution in [-0.4, -0.2) is 56.5 Å². The molecular formula is C22H28N4O2. The molecule has 2 aromatic carbocycles. The fraction of sp³-hybridized carbons (Fsp3) is 0.364. The van der Waals surface area contributed by atoms with E-state index >= 15 is 0 Å². The number of nitrogens with zero attached hydrogens (tertiary/aromatic N) is 3. The Morgan fingerprint density at radius 3 is 2.21 bits per heavy atom. The van der Waals surface area contributed by atoms with Gasteiger partial charge in [0.05, 0.1) is 0 Å². The van der Waals surface area contributed by atoms with Crippen molar-refractivity contribution in [1.29, 1.82) is 0 Å². The van der Waals surface area contributed by atoms with E-state index in [1.807, 2.05) is 42.5 Å². The summed E-state index contributed by atoms with van der Waals surface area (Å²) in [6.45, 7) is 6.00. The van der Waals surface area contributed by atoms with Crippen LogP contribution < -0.4 is 15.1 Å². The molecule has 1 N–H and O–H groups in total. The van der Waals surface area contributed by atoms with Crippen LogP contribution in [0.4, 0.5) is 17.1 Å². The molecule has 0 saturated carbocycles. The summed E-state index contributed by atoms with van der Waals surface area (Å²) in [7, 11) is 2.14. The Balaban J connectivity index is 1.59. The summed E-state index contributed by atoms with van der Waals surface area (Å²) in [6, 6.07) is 17.4. The van der Waals surface area contributed by atoms with Crippen molar-refractivity contribution in [1.82, 2.24) is 4.90 Å². The van der Waals surface area contributed by atoms with Gasteiger partial charge in [0.15, 0.2) is 0 Å². The molecule has 1 aliphatic rings. The first-order valence-electron chi connectivity index (χ1n) is 9.69. The molecule has 1 aliphatic heterocycles. The van der Waals surface area contributed by atoms with Crippen LogP contribution in [0.25, 0.3) is 0 Å². The fourth-order valence-electron chi connectivity index (χ4n) is 3.33. The van der Waals surface area contributed by atoms with Gasteiger partial charge in [-0.3, -0.25) is 9.59 Å². The van der Waals surface area contributed by atoms with E-state index in [0.717, 1.165) is 37.6 Å². The number of hydrogen-bond donors (Lipinski definition) is 1. The van der Waals surface area contributed by atoms with Crippen LogP contribution in [0.5, 0.6) is 0 Å². The van der Waals surface area contributed by atoms with E-state index in [-0.39, 0.29) is 18.2 Å². The first kappa shape index (κ1) is 19.9. The first-order chi connectivity index (χ1) is 13.5. The van der Waals surface area contributed by atoms with Crippen LogP contribution in [0.2, 0.25) is 0 Å². The van der Waals surface area contributed by atoms with Gasteiger partial charge in [-0.1, -0.05) is 18.2 Å². The summed E-state index contributed by atoms with van der Waals surface area (Å²) in [5, 5.41) is 2.86. The maximum absolute atomic E-state index is 12.2. The molecule has 2 aromatic rings. The second-order valence-corrected chi connectivity index (χ2v) is 7.14. The van der Waals surface area contributed by atoms with Gasteiger partial charge in [0.1, 0.15) is 0 Å². The van der Waals surface area contributed by atoms with Crippen molar-refractivity contribution in [3.05, 3.63) is 54.6 Å². The summed E-state index contributed by atoms with van der Waals surface area (Å²) in [5.74, 6) is -0.175. The van der Waals surface area contributed by atoms with Crippen LogP contribution in [0.1, 0.15) is 13.3 Å². The summed E-state index contributed by atoms with van der Waals surface area (Å²) in [4.78, 5) is 30.6. The minimum Gasteiger partial charge on any atom is -0.369 e. The molecule has 28 heavy (non-hydrogen) atoms. The Morgan fingerprint density at radius 2 is 1.61 bits per heavy atom. The Hall–Kier alpha value is -2.86. The van der Waals surface area contributed by atoms with E-state index in [0.29, 0.717) is 6.54 Å². The number of likely N-dealkylation sites (N-methyl/N-ethyl adjacent to an activating group) is 1. The topological polar surface area (TPSA) is 55.9 Å². The third-order valence-corrected chi connectivity index (χ3v) is 5.03. The predicted molar refractivity (Wildman–Crippen MR) is 114 cm³/mol. The smallest absolute Gasteiger partial charge is 0.226 e. The van der Waals surface area contributed by atoms with Gasteiger partial charge in [-0.05, 0) is 43.4 Å². The third-order valence-electron chi connectivity index (χ3n) is 5.03. The molecule has 3 rings (SSSR count). The number of carbonyl (C=O) groups excluding carboxylic acids is 2. The minimum atomic E-state index is -0.105. The first-order valence-corrected chi connectivity index (χ1v) is 9.69. The van der Waals surface area contributed by atoms with E-state index in [2.05, 4.69) is 34.3 Å². The second kappa shape index (κ2) is 9.37. The quantitative estimate of drug-likeness (QED) is 0.837. The Kier molecular flexibility index (Phi) is 6.66. The number of amides is 2. The average Bonchev–Trinajstić information content (AvgIpc) is 2.70. The van der Waals surface area contributed by atoms with Gasteiger partial charge in [-0.15, -0.1) is 0 Å². The average molecular weight is 380 g/mol. The molecule has 6 heteroatoms. The number of para-hydroxylation sites is 1. The second-order valence-electron chi connectivity index (χ2n) is 7.14. The van der Waals surface area contributed by atoms with Gasteiger partial charge in [0.25, 0.3) is 0 Å². The van der Waals surface area contributed by atoms with Gasteiger partial charge in [0.2, 0.25) is 11.8 Å². The molecule has 2 amide bonds. The van der Waals surface area contributed by atoms with Crippen LogP contribution in [0, 0.1) is 0 Å². The van der Waals surface area contributed by atoms with Crippen molar-refractivity contribution in [2.24, 2.45) is 0 Å². The molecule has 6 nitrogen and oxygen atoms in total. The summed E-state index contributed by atoms with van der Waals surface area (Å²) in [6.07, 6.45) is 0.245. The number of anilines is 3. The molecule has 1 fully saturated rings. The molecule has 0 radical (unpaired) electrons. The van der Waals surface area contributed by atoms with Gasteiger partial charge in [-0.25, -0.2) is 0 Å². The standard InChI is InChI=1S/C22H28N4O2/c1-18(27)26(13-12-22(28)23-19-6-4-3-5-7-19)21-10-8-20(9-11-21)25-16-14-24(2)15-17-25/h3-11H,12-17H2,1-2H3,(H,23,28). The maximum Gasteiger partial charge on any atom is 0.226 e. The summed E-state index contributed by atoms with van der Waals surface area (Å²) < 4.78 is 0. The zero-order chi connectivity index (χ0) is 19.9. The van der Waals surface area contributed by atoms with Crippen LogP contribution in [0.15, 0.2) is 54.6 Å². The highest BCUT2D eigenvalue weighted by molar-refractivity contribution is 5.94. The number of carbonyl (C=O) groups is 2. The molecule has 0 unspecified atom stereocenters. The largest absolute Gasteiger partial charge is 0.369 e. The minimum absolute atomic E-state index is 0.0696. The van der Waals surface area contributed by atoms with Gasteiger partial charge >= 0.3 is 0 Å². The predicted octanol–water partition coefficient (Wildman–Crippen LogP) is 2.82. The van der Waals surface area contributed by atoms with Crippen LogP contribution in [-0.2, 0) is 9.59 Å². The fourth-order valence-corrected chi connectivity index (χ4v) is 3.33. The molecule has 0 atom stereocenters. The Bertz CT molecular complexity index is 784. The summed E-state index contributed by atoms with van der Waals surface area (Å²) in [5.41, 5.74) is 2.75. The lowest BCUT2D eigenvalue weighted by molar-refractivity contribution is -0.117. The third kappa shape index (κ3) is 5.33. The lowest BCUT2D eigenvalue weighted by Gasteiger charge is -2.34. The van der Waals surface area contributed by atoms with Crippen LogP contribution >= 0.6 is 0 Å². The zero-order valence-corrected chi connectivity index (χ0v) is 16.6. The zero-order valence-electron chi connectivity index (χ0n) is 16.6. The number of hydrogen-bond acceptors (Lipinski definition) is 4. The molecule has 1 saturated heterocycles. The normalized spacial score (nSPS) is 14.6. The molecule has 0 aliphatic carbocycles. The van der Waals surface area contributed by atoms with E-state index in [9.17, 15) is 9.59 Å². The highest BCUT2D eigenvalue weighted by Gasteiger charge is 2.16. The monoisotopic (exact) mass is 380 g/mol. The molecule has 0 aromatic heterocycles. The Labute approximate surface area is 166 Å². The maximum atomic E-state index is 12.2. The van der Waals surface area contributed by atoms with Crippen molar-refractivity contribution < 1.29 is 9.59 Å². The lowest BCUT2D eigenvalue weighted by atomic mass is 10.2. The molecule has 0 bridgehead atoms. The molecule has 0 spiro atoms. The molecule has 1 heterocycles. The number of benzene rings is 2. The lowest BCUT2D eigenvalue weighted by Crippen LogP contribution is -2.44. The Morgan fingerprint density at radius 1 is 0.964 bits per heavy atom. The van der Waals surface area contributed by atoms with Crippen molar-refractivity contribution in [2.45, 2.75) is 13.3 Å². The van der Waals surface area contributed by atoms with Crippen LogP contribution in [0.3, 0.4) is 0 Å². The SMILES string of the molecule is CC(=O)N(CCC(=O)Nc1ccccc1)c1ccc(N2CCN(C)CC2)cc1. The van der Waals surface area contributed by atoms with Crippen molar-refractivity contribution in [2.75, 3.05) is 54.9 Å². The number of piperazine rings is 1. The number of rotatable bonds is 6. The highest BCUT2D eigenvalue weighted by Crippen LogP contribution is 2.22. The van der Waals surface area contributed by atoms with Crippen molar-refractivity contribution in [3.63, 3.8) is 0 Å². The van der Waals surface area contributed by atoms with E-state index < -0.39 is 0 Å². The van der Waals surface area contributed by atoms with E-state index in [1.54, 1.807) is 4.90 Å². The van der Waals surface area contributed by atoms with Gasteiger partial charge in [0, 0.05) is 63.1 Å². The molecular weight excluding hydrogens is 352 g/mol. The highest BCUT2D eigenvalue weighted by atomic mass is 16.2. The summed E-state index contributed by atoms with van der Waals surface area (Å²) >= 11 is 0.